The number of benzene rings is 3. The number of nitrogens with zero attached hydrogens (tertiary/aromatic N) is 4. The molecular weight excluding hydrogens is 429 g/mol. The van der Waals surface area contributed by atoms with Crippen LogP contribution in [0.3, 0.4) is 0 Å². The number of hydrogen-bond donors (Lipinski definition) is 3. The van der Waals surface area contributed by atoms with Crippen molar-refractivity contribution in [3.63, 3.8) is 0 Å². The second-order valence-electron chi connectivity index (χ2n) is 7.93. The van der Waals surface area contributed by atoms with Crippen LogP contribution in [0.5, 0.6) is 0 Å². The molecule has 0 saturated carbocycles. The molecule has 0 spiro atoms. The molecule has 0 bridgehead atoms. The third-order valence-electron chi connectivity index (χ3n) is 5.53. The van der Waals surface area contributed by atoms with Crippen LogP contribution in [0, 0.1) is 12.7 Å². The lowest BCUT2D eigenvalue weighted by molar-refractivity contribution is 0.628. The SMILES string of the molecule is Cc1cc(C(C=CN)=Nc2ccc3[nH]ncc3c2)cc(F)c1N=CCc1ccc2cn[nH]c2c1. The minimum absolute atomic E-state index is 0.308. The monoisotopic (exact) mass is 451 g/mol. The van der Waals surface area contributed by atoms with Gasteiger partial charge in [-0.15, -0.1) is 0 Å². The first kappa shape index (κ1) is 21.3. The van der Waals surface area contributed by atoms with Crippen LogP contribution >= 0.6 is 0 Å². The number of aryl methyl sites for hydroxylation is 1. The summed E-state index contributed by atoms with van der Waals surface area (Å²) in [4.78, 5) is 9.09. The number of halogens is 1. The van der Waals surface area contributed by atoms with E-state index in [-0.39, 0.29) is 0 Å². The van der Waals surface area contributed by atoms with E-state index in [9.17, 15) is 0 Å². The van der Waals surface area contributed by atoms with Crippen molar-refractivity contribution in [2.24, 2.45) is 15.7 Å². The van der Waals surface area contributed by atoms with Gasteiger partial charge in [-0.1, -0.05) is 12.1 Å². The molecule has 0 aliphatic carbocycles. The second-order valence-corrected chi connectivity index (χ2v) is 7.93. The first-order valence-electron chi connectivity index (χ1n) is 10.8. The lowest BCUT2D eigenvalue weighted by Crippen LogP contribution is -2.00. The Kier molecular flexibility index (Phi) is 5.70. The summed E-state index contributed by atoms with van der Waals surface area (Å²) in [5, 5.41) is 15.9. The fourth-order valence-electron chi connectivity index (χ4n) is 3.83. The smallest absolute Gasteiger partial charge is 0.149 e. The quantitative estimate of drug-likeness (QED) is 0.300. The third kappa shape index (κ3) is 4.33. The molecule has 0 amide bonds. The molecular formula is C26H22FN7. The topological polar surface area (TPSA) is 108 Å². The normalized spacial score (nSPS) is 12.6. The van der Waals surface area contributed by atoms with Crippen LogP contribution in [-0.2, 0) is 6.42 Å². The van der Waals surface area contributed by atoms with Gasteiger partial charge in [-0.05, 0) is 66.7 Å². The predicted molar refractivity (Wildman–Crippen MR) is 135 cm³/mol. The summed E-state index contributed by atoms with van der Waals surface area (Å²) in [7, 11) is 0. The van der Waals surface area contributed by atoms with Crippen LogP contribution in [0.25, 0.3) is 21.8 Å². The van der Waals surface area contributed by atoms with E-state index in [4.69, 9.17) is 5.73 Å². The molecule has 7 nitrogen and oxygen atoms in total. The van der Waals surface area contributed by atoms with E-state index in [1.165, 1.54) is 12.3 Å². The van der Waals surface area contributed by atoms with Crippen molar-refractivity contribution in [3.05, 3.63) is 95.7 Å². The Balaban J connectivity index is 1.41. The number of fused-ring (bicyclic) bond motifs is 2. The molecule has 3 aromatic carbocycles. The van der Waals surface area contributed by atoms with Crippen LogP contribution < -0.4 is 5.73 Å². The van der Waals surface area contributed by atoms with Gasteiger partial charge >= 0.3 is 0 Å². The molecule has 0 atom stereocenters. The van der Waals surface area contributed by atoms with Gasteiger partial charge < -0.3 is 5.73 Å². The van der Waals surface area contributed by atoms with E-state index >= 15 is 4.39 Å². The van der Waals surface area contributed by atoms with E-state index in [2.05, 4.69) is 30.4 Å². The van der Waals surface area contributed by atoms with Gasteiger partial charge in [0.2, 0.25) is 0 Å². The maximum atomic E-state index is 15.1. The van der Waals surface area contributed by atoms with Crippen LogP contribution in [0.4, 0.5) is 15.8 Å². The molecule has 34 heavy (non-hydrogen) atoms. The molecule has 168 valence electrons. The second kappa shape index (κ2) is 9.11. The van der Waals surface area contributed by atoms with Gasteiger partial charge in [-0.25, -0.2) is 9.38 Å². The molecule has 5 rings (SSSR count). The Hall–Kier alpha value is -4.59. The van der Waals surface area contributed by atoms with Crippen molar-refractivity contribution in [1.29, 1.82) is 0 Å². The highest BCUT2D eigenvalue weighted by Gasteiger charge is 2.11. The van der Waals surface area contributed by atoms with Gasteiger partial charge in [0, 0.05) is 29.0 Å². The number of allylic oxidation sites excluding steroid dienone is 1. The van der Waals surface area contributed by atoms with Gasteiger partial charge in [0.05, 0.1) is 34.8 Å². The lowest BCUT2D eigenvalue weighted by Gasteiger charge is -2.08. The molecule has 5 aromatic rings. The summed E-state index contributed by atoms with van der Waals surface area (Å²) in [6, 6.07) is 15.0. The number of H-pyrrole nitrogens is 2. The van der Waals surface area contributed by atoms with Crippen LogP contribution in [0.1, 0.15) is 16.7 Å². The number of hydrogen-bond acceptors (Lipinski definition) is 5. The van der Waals surface area contributed by atoms with Crippen molar-refractivity contribution < 1.29 is 4.39 Å². The van der Waals surface area contributed by atoms with E-state index in [0.29, 0.717) is 28.9 Å². The number of nitrogens with one attached hydrogen (secondary N) is 2. The van der Waals surface area contributed by atoms with Gasteiger partial charge in [-0.3, -0.25) is 15.2 Å². The Morgan fingerprint density at radius 3 is 2.65 bits per heavy atom. The zero-order chi connectivity index (χ0) is 23.5. The fraction of sp³-hybridized carbons (Fsp3) is 0.0769. The van der Waals surface area contributed by atoms with Crippen LogP contribution in [0.15, 0.2) is 83.2 Å². The van der Waals surface area contributed by atoms with Crippen LogP contribution in [0.2, 0.25) is 0 Å². The molecule has 4 N–H and O–H groups in total. The number of rotatable bonds is 6. The van der Waals surface area contributed by atoms with Crippen molar-refractivity contribution in [1.82, 2.24) is 20.4 Å². The zero-order valence-corrected chi connectivity index (χ0v) is 18.5. The summed E-state index contributed by atoms with van der Waals surface area (Å²) in [6.07, 6.45) is 8.86. The molecule has 0 saturated heterocycles. The van der Waals surface area contributed by atoms with Gasteiger partial charge in [0.25, 0.3) is 0 Å². The number of aromatic nitrogens is 4. The molecule has 8 heteroatoms. The Bertz CT molecular complexity index is 1550. The molecule has 2 heterocycles. The van der Waals surface area contributed by atoms with E-state index < -0.39 is 5.82 Å². The molecule has 2 aromatic heterocycles. The molecule has 0 radical (unpaired) electrons. The van der Waals surface area contributed by atoms with Crippen molar-refractivity contribution in [2.75, 3.05) is 0 Å². The molecule has 0 unspecified atom stereocenters. The minimum atomic E-state index is -0.418. The summed E-state index contributed by atoms with van der Waals surface area (Å²) in [5.74, 6) is -0.418. The highest BCUT2D eigenvalue weighted by molar-refractivity contribution is 6.10. The average molecular weight is 452 g/mol. The fourth-order valence-corrected chi connectivity index (χ4v) is 3.83. The van der Waals surface area contributed by atoms with Crippen molar-refractivity contribution in [2.45, 2.75) is 13.3 Å². The predicted octanol–water partition coefficient (Wildman–Crippen LogP) is 5.42. The first-order chi connectivity index (χ1) is 16.6. The van der Waals surface area contributed by atoms with E-state index in [1.54, 1.807) is 24.7 Å². The summed E-state index contributed by atoms with van der Waals surface area (Å²) in [6.45, 7) is 1.83. The lowest BCUT2D eigenvalue weighted by atomic mass is 10.0. The van der Waals surface area contributed by atoms with Crippen molar-refractivity contribution >= 4 is 45.1 Å². The largest absolute Gasteiger partial charge is 0.405 e. The highest BCUT2D eigenvalue weighted by Crippen LogP contribution is 2.27. The Morgan fingerprint density at radius 1 is 1.00 bits per heavy atom. The standard InChI is InChI=1S/C26H22FN7/c1-16-10-19(23(6-8-28)32-21-4-5-24-20(12-21)15-31-33-24)13-22(27)26(16)29-9-7-17-2-3-18-14-30-34-25(18)11-17/h2-6,8-15H,7,28H2,1H3,(H,30,34)(H,31,33). The summed E-state index contributed by atoms with van der Waals surface area (Å²) >= 11 is 0. The van der Waals surface area contributed by atoms with Crippen LogP contribution in [-0.4, -0.2) is 32.3 Å². The van der Waals surface area contributed by atoms with E-state index in [1.807, 2.05) is 49.4 Å². The zero-order valence-electron chi connectivity index (χ0n) is 18.5. The maximum absolute atomic E-state index is 15.1. The molecule has 0 aliphatic heterocycles. The van der Waals surface area contributed by atoms with Gasteiger partial charge in [0.1, 0.15) is 11.5 Å². The van der Waals surface area contributed by atoms with Gasteiger partial charge in [-0.2, -0.15) is 10.2 Å². The van der Waals surface area contributed by atoms with Gasteiger partial charge in [0.15, 0.2) is 0 Å². The first-order valence-corrected chi connectivity index (χ1v) is 10.8. The van der Waals surface area contributed by atoms with E-state index in [0.717, 1.165) is 33.1 Å². The van der Waals surface area contributed by atoms with Crippen molar-refractivity contribution in [3.8, 4) is 0 Å². The molecule has 0 aliphatic rings. The molecule has 0 fully saturated rings. The Labute approximate surface area is 194 Å². The summed E-state index contributed by atoms with van der Waals surface area (Å²) < 4.78 is 15.1. The number of aromatic amines is 2. The maximum Gasteiger partial charge on any atom is 0.149 e. The number of aliphatic imine (C=N–C) groups is 2. The Morgan fingerprint density at radius 2 is 1.82 bits per heavy atom. The third-order valence-corrected chi connectivity index (χ3v) is 5.53. The summed E-state index contributed by atoms with van der Waals surface area (Å²) in [5.41, 5.74) is 11.5. The average Bonchev–Trinajstić information content (AvgIpc) is 3.49. The number of nitrogens with two attached hydrogens (primary N) is 1. The highest BCUT2D eigenvalue weighted by atomic mass is 19.1. The minimum Gasteiger partial charge on any atom is -0.405 e.